The Kier molecular flexibility index (Phi) is 3.39. The highest BCUT2D eigenvalue weighted by molar-refractivity contribution is 7.93. The number of anilines is 2. The fourth-order valence-corrected chi connectivity index (χ4v) is 2.87. The number of benzene rings is 1. The van der Waals surface area contributed by atoms with Crippen molar-refractivity contribution in [3.63, 3.8) is 0 Å². The van der Waals surface area contributed by atoms with Crippen molar-refractivity contribution in [3.05, 3.63) is 48.4 Å². The normalized spacial score (nSPS) is 11.3. The second-order valence-electron chi connectivity index (χ2n) is 3.81. The van der Waals surface area contributed by atoms with Gasteiger partial charge in [-0.25, -0.2) is 17.8 Å². The number of halogens is 1. The average Bonchev–Trinajstić information content (AvgIpc) is 2.39. The number of sulfonamides is 1. The van der Waals surface area contributed by atoms with Gasteiger partial charge in [0.05, 0.1) is 5.69 Å². The Labute approximate surface area is 110 Å². The number of rotatable bonds is 3. The van der Waals surface area contributed by atoms with E-state index in [2.05, 4.69) is 4.98 Å². The van der Waals surface area contributed by atoms with Crippen LogP contribution in [0.25, 0.3) is 0 Å². The predicted octanol–water partition coefficient (Wildman–Crippen LogP) is 1.63. The summed E-state index contributed by atoms with van der Waals surface area (Å²) in [7, 11) is -2.68. The van der Waals surface area contributed by atoms with Gasteiger partial charge in [0.1, 0.15) is 16.5 Å². The zero-order valence-corrected chi connectivity index (χ0v) is 10.9. The van der Waals surface area contributed by atoms with Gasteiger partial charge in [-0.3, -0.25) is 4.31 Å². The molecular formula is C12H12FN3O2S. The fraction of sp³-hybridized carbons (Fsp3) is 0.0833. The summed E-state index contributed by atoms with van der Waals surface area (Å²) in [5.41, 5.74) is 5.50. The Morgan fingerprint density at radius 1 is 1.21 bits per heavy atom. The molecule has 0 atom stereocenters. The number of nitrogens with zero attached hydrogens (tertiary/aromatic N) is 2. The Morgan fingerprint density at radius 3 is 2.53 bits per heavy atom. The van der Waals surface area contributed by atoms with E-state index in [4.69, 9.17) is 5.73 Å². The lowest BCUT2D eigenvalue weighted by Crippen LogP contribution is -2.28. The average molecular weight is 281 g/mol. The van der Waals surface area contributed by atoms with E-state index in [1.54, 1.807) is 6.07 Å². The third-order valence-corrected chi connectivity index (χ3v) is 4.45. The summed E-state index contributed by atoms with van der Waals surface area (Å²) in [5.74, 6) is -0.748. The molecule has 0 amide bonds. The molecule has 0 bridgehead atoms. The van der Waals surface area contributed by atoms with Crippen LogP contribution in [0.2, 0.25) is 0 Å². The van der Waals surface area contributed by atoms with Crippen molar-refractivity contribution in [1.29, 1.82) is 0 Å². The summed E-state index contributed by atoms with van der Waals surface area (Å²) in [6.07, 6.45) is 1.39. The highest BCUT2D eigenvalue weighted by atomic mass is 32.2. The molecule has 19 heavy (non-hydrogen) atoms. The smallest absolute Gasteiger partial charge is 0.267 e. The van der Waals surface area contributed by atoms with Crippen LogP contribution < -0.4 is 10.0 Å². The monoisotopic (exact) mass is 281 g/mol. The van der Waals surface area contributed by atoms with Crippen molar-refractivity contribution < 1.29 is 12.8 Å². The van der Waals surface area contributed by atoms with Crippen LogP contribution in [0.4, 0.5) is 15.9 Å². The van der Waals surface area contributed by atoms with E-state index in [9.17, 15) is 12.8 Å². The maximum atomic E-state index is 13.6. The van der Waals surface area contributed by atoms with E-state index in [1.807, 2.05) is 0 Å². The van der Waals surface area contributed by atoms with Gasteiger partial charge in [0.2, 0.25) is 0 Å². The lowest BCUT2D eigenvalue weighted by molar-refractivity contribution is 0.589. The Morgan fingerprint density at radius 2 is 1.89 bits per heavy atom. The van der Waals surface area contributed by atoms with Gasteiger partial charge in [-0.2, -0.15) is 0 Å². The zero-order chi connectivity index (χ0) is 14.0. The molecule has 0 unspecified atom stereocenters. The van der Waals surface area contributed by atoms with E-state index < -0.39 is 15.8 Å². The molecule has 0 spiro atoms. The van der Waals surface area contributed by atoms with Crippen molar-refractivity contribution in [2.75, 3.05) is 17.1 Å². The summed E-state index contributed by atoms with van der Waals surface area (Å²) in [6.45, 7) is 0. The summed E-state index contributed by atoms with van der Waals surface area (Å²) >= 11 is 0. The maximum Gasteiger partial charge on any atom is 0.267 e. The number of nitrogens with two attached hydrogens (primary N) is 1. The van der Waals surface area contributed by atoms with Crippen molar-refractivity contribution >= 4 is 21.5 Å². The molecule has 0 aliphatic rings. The predicted molar refractivity (Wildman–Crippen MR) is 70.6 cm³/mol. The Bertz CT molecular complexity index is 704. The quantitative estimate of drug-likeness (QED) is 0.927. The first kappa shape index (κ1) is 13.3. The minimum absolute atomic E-state index is 0.0502. The molecule has 0 aliphatic heterocycles. The van der Waals surface area contributed by atoms with E-state index in [-0.39, 0.29) is 16.4 Å². The molecule has 2 aromatic rings. The number of hydrogen-bond acceptors (Lipinski definition) is 4. The van der Waals surface area contributed by atoms with Crippen LogP contribution in [-0.4, -0.2) is 20.4 Å². The standard InChI is InChI=1S/C12H12FN3O2S/c1-16(10-6-3-2-5-9(10)13)19(17,18)11-7-4-8-15-12(11)14/h2-8H,1H3,(H2,14,15). The summed E-state index contributed by atoms with van der Waals surface area (Å²) < 4.78 is 39.2. The highest BCUT2D eigenvalue weighted by Crippen LogP contribution is 2.26. The first-order valence-corrected chi connectivity index (χ1v) is 6.82. The fourth-order valence-electron chi connectivity index (χ4n) is 1.60. The molecule has 0 radical (unpaired) electrons. The minimum Gasteiger partial charge on any atom is -0.383 e. The molecule has 0 aliphatic carbocycles. The number of pyridine rings is 1. The van der Waals surface area contributed by atoms with Crippen LogP contribution in [0.5, 0.6) is 0 Å². The largest absolute Gasteiger partial charge is 0.383 e. The van der Waals surface area contributed by atoms with Crippen LogP contribution in [0.15, 0.2) is 47.5 Å². The van der Waals surface area contributed by atoms with Crippen molar-refractivity contribution in [2.45, 2.75) is 4.90 Å². The molecule has 0 saturated carbocycles. The number of aromatic nitrogens is 1. The van der Waals surface area contributed by atoms with Gasteiger partial charge in [0.25, 0.3) is 10.0 Å². The van der Waals surface area contributed by atoms with Gasteiger partial charge in [-0.05, 0) is 24.3 Å². The highest BCUT2D eigenvalue weighted by Gasteiger charge is 2.25. The number of hydrogen-bond donors (Lipinski definition) is 1. The number of para-hydroxylation sites is 1. The molecule has 2 N–H and O–H groups in total. The molecule has 0 fully saturated rings. The molecule has 0 saturated heterocycles. The van der Waals surface area contributed by atoms with E-state index in [0.29, 0.717) is 0 Å². The SMILES string of the molecule is CN(c1ccccc1F)S(=O)(=O)c1cccnc1N. The lowest BCUT2D eigenvalue weighted by atomic mass is 10.3. The van der Waals surface area contributed by atoms with E-state index >= 15 is 0 Å². The second kappa shape index (κ2) is 4.85. The topological polar surface area (TPSA) is 76.3 Å². The molecule has 5 nitrogen and oxygen atoms in total. The minimum atomic E-state index is -3.94. The lowest BCUT2D eigenvalue weighted by Gasteiger charge is -2.20. The Hall–Kier alpha value is -2.15. The van der Waals surface area contributed by atoms with Crippen LogP contribution >= 0.6 is 0 Å². The van der Waals surface area contributed by atoms with Crippen LogP contribution in [-0.2, 0) is 10.0 Å². The van der Waals surface area contributed by atoms with Gasteiger partial charge in [0, 0.05) is 13.2 Å². The molecule has 7 heteroatoms. The first-order valence-electron chi connectivity index (χ1n) is 5.38. The third kappa shape index (κ3) is 2.37. The van der Waals surface area contributed by atoms with Crippen LogP contribution in [0.1, 0.15) is 0 Å². The molecule has 100 valence electrons. The zero-order valence-electron chi connectivity index (χ0n) is 10.1. The van der Waals surface area contributed by atoms with E-state index in [1.165, 1.54) is 43.6 Å². The van der Waals surface area contributed by atoms with Crippen LogP contribution in [0.3, 0.4) is 0 Å². The van der Waals surface area contributed by atoms with E-state index in [0.717, 1.165) is 4.31 Å². The van der Waals surface area contributed by atoms with Crippen molar-refractivity contribution in [3.8, 4) is 0 Å². The van der Waals surface area contributed by atoms with Gasteiger partial charge < -0.3 is 5.73 Å². The second-order valence-corrected chi connectivity index (χ2v) is 5.75. The van der Waals surface area contributed by atoms with Crippen molar-refractivity contribution in [2.24, 2.45) is 0 Å². The third-order valence-electron chi connectivity index (χ3n) is 2.63. The Balaban J connectivity index is 2.52. The molecule has 2 rings (SSSR count). The number of nitrogen functional groups attached to an aromatic ring is 1. The van der Waals surface area contributed by atoms with Gasteiger partial charge in [0.15, 0.2) is 0 Å². The summed E-state index contributed by atoms with van der Waals surface area (Å²) in [5, 5.41) is 0. The van der Waals surface area contributed by atoms with Gasteiger partial charge in [-0.15, -0.1) is 0 Å². The summed E-state index contributed by atoms with van der Waals surface area (Å²) in [6, 6.07) is 8.38. The molecule has 1 aromatic carbocycles. The molecular weight excluding hydrogens is 269 g/mol. The van der Waals surface area contributed by atoms with Gasteiger partial charge in [-0.1, -0.05) is 12.1 Å². The molecule has 1 heterocycles. The maximum absolute atomic E-state index is 13.6. The first-order chi connectivity index (χ1) is 8.94. The van der Waals surface area contributed by atoms with Crippen LogP contribution in [0, 0.1) is 5.82 Å². The summed E-state index contributed by atoms with van der Waals surface area (Å²) in [4.78, 5) is 3.57. The molecule has 1 aromatic heterocycles. The van der Waals surface area contributed by atoms with Crippen molar-refractivity contribution in [1.82, 2.24) is 4.98 Å². The van der Waals surface area contributed by atoms with Gasteiger partial charge >= 0.3 is 0 Å².